The molecule has 9 nitrogen and oxygen atoms in total. The van der Waals surface area contributed by atoms with E-state index in [4.69, 9.17) is 0 Å². The Morgan fingerprint density at radius 3 is 2.45 bits per heavy atom. The Bertz CT molecular complexity index is 1300. The Kier molecular flexibility index (Phi) is 4.21. The summed E-state index contributed by atoms with van der Waals surface area (Å²) in [5.41, 5.74) is 0.559. The van der Waals surface area contributed by atoms with Gasteiger partial charge in [0, 0.05) is 19.7 Å². The lowest BCUT2D eigenvalue weighted by atomic mass is 10.1. The van der Waals surface area contributed by atoms with Crippen LogP contribution in [0.1, 0.15) is 30.2 Å². The third-order valence-electron chi connectivity index (χ3n) is 5.23. The van der Waals surface area contributed by atoms with Crippen molar-refractivity contribution in [3.63, 3.8) is 0 Å². The minimum Gasteiger partial charge on any atom is -0.294 e. The molecule has 0 spiro atoms. The van der Waals surface area contributed by atoms with Crippen LogP contribution < -0.4 is 16.3 Å². The van der Waals surface area contributed by atoms with Crippen molar-refractivity contribution < 1.29 is 9.18 Å². The van der Waals surface area contributed by atoms with Gasteiger partial charge in [-0.25, -0.2) is 14.2 Å². The molecule has 0 aliphatic carbocycles. The number of carbonyl (C=O) groups is 1. The van der Waals surface area contributed by atoms with Gasteiger partial charge >= 0.3 is 5.69 Å². The minimum absolute atomic E-state index is 0.146. The maximum Gasteiger partial charge on any atom is 0.332 e. The smallest absolute Gasteiger partial charge is 0.294 e. The standard InChI is InChI=1S/C19H19FN6O3/c1-10-11(2)26-15-16(23(3)19(29)24(4)17(15)28)21-18(26)25(22-10)9-14(27)12-5-7-13(20)8-6-12/h5-8,11H,9H2,1-4H3/t11-/m0/s1. The van der Waals surface area contributed by atoms with Gasteiger partial charge in [-0.3, -0.25) is 23.3 Å². The number of Topliss-reactive ketones (excluding diaryl/α,β-unsaturated/α-hetero) is 1. The predicted molar refractivity (Wildman–Crippen MR) is 106 cm³/mol. The van der Waals surface area contributed by atoms with E-state index in [1.165, 1.54) is 47.9 Å². The molecule has 0 N–H and O–H groups in total. The van der Waals surface area contributed by atoms with Crippen LogP contribution in [0.2, 0.25) is 0 Å². The second kappa shape index (κ2) is 6.50. The molecular formula is C19H19FN6O3. The fraction of sp³-hybridized carbons (Fsp3) is 0.316. The number of fused-ring (bicyclic) bond motifs is 3. The molecule has 1 aliphatic heterocycles. The van der Waals surface area contributed by atoms with Crippen molar-refractivity contribution in [3.8, 4) is 0 Å². The number of nitrogens with zero attached hydrogens (tertiary/aromatic N) is 6. The van der Waals surface area contributed by atoms with E-state index in [0.717, 1.165) is 4.57 Å². The lowest BCUT2D eigenvalue weighted by Gasteiger charge is -2.28. The van der Waals surface area contributed by atoms with Crippen LogP contribution in [0.15, 0.2) is 39.0 Å². The molecule has 0 amide bonds. The van der Waals surface area contributed by atoms with Crippen molar-refractivity contribution in [3.05, 3.63) is 56.5 Å². The van der Waals surface area contributed by atoms with Crippen LogP contribution in [0, 0.1) is 5.82 Å². The van der Waals surface area contributed by atoms with Gasteiger partial charge in [-0.15, -0.1) is 0 Å². The molecule has 0 radical (unpaired) electrons. The molecule has 0 fully saturated rings. The van der Waals surface area contributed by atoms with Gasteiger partial charge in [-0.1, -0.05) is 0 Å². The van der Waals surface area contributed by atoms with Gasteiger partial charge in [0.15, 0.2) is 16.9 Å². The summed E-state index contributed by atoms with van der Waals surface area (Å²) in [6.45, 7) is 3.52. The quantitative estimate of drug-likeness (QED) is 0.618. The highest BCUT2D eigenvalue weighted by atomic mass is 19.1. The van der Waals surface area contributed by atoms with Gasteiger partial charge in [0.25, 0.3) is 5.56 Å². The number of ketones is 1. The number of aromatic nitrogens is 4. The summed E-state index contributed by atoms with van der Waals surface area (Å²) in [6, 6.07) is 4.97. The highest BCUT2D eigenvalue weighted by Gasteiger charge is 2.31. The molecule has 150 valence electrons. The fourth-order valence-corrected chi connectivity index (χ4v) is 3.43. The van der Waals surface area contributed by atoms with E-state index in [1.807, 2.05) is 6.92 Å². The molecule has 29 heavy (non-hydrogen) atoms. The summed E-state index contributed by atoms with van der Waals surface area (Å²) in [7, 11) is 2.95. The van der Waals surface area contributed by atoms with Crippen LogP contribution in [0.5, 0.6) is 0 Å². The van der Waals surface area contributed by atoms with E-state index in [0.29, 0.717) is 17.2 Å². The number of hydrogen-bond donors (Lipinski definition) is 0. The van der Waals surface area contributed by atoms with Crippen molar-refractivity contribution in [1.29, 1.82) is 0 Å². The summed E-state index contributed by atoms with van der Waals surface area (Å²) >= 11 is 0. The first-order chi connectivity index (χ1) is 13.7. The predicted octanol–water partition coefficient (Wildman–Crippen LogP) is 1.21. The van der Waals surface area contributed by atoms with E-state index < -0.39 is 17.1 Å². The molecule has 3 aromatic rings. The Labute approximate surface area is 164 Å². The fourth-order valence-electron chi connectivity index (χ4n) is 3.43. The Morgan fingerprint density at radius 1 is 1.14 bits per heavy atom. The number of imidazole rings is 1. The molecule has 3 heterocycles. The number of hydrogen-bond acceptors (Lipinski definition) is 6. The highest BCUT2D eigenvalue weighted by Crippen LogP contribution is 2.29. The van der Waals surface area contributed by atoms with E-state index in [-0.39, 0.29) is 29.5 Å². The van der Waals surface area contributed by atoms with Gasteiger partial charge in [0.2, 0.25) is 5.95 Å². The molecule has 1 aromatic carbocycles. The van der Waals surface area contributed by atoms with E-state index in [1.54, 1.807) is 11.5 Å². The molecule has 1 aliphatic rings. The SMILES string of the molecule is CC1=NN(CC(=O)c2ccc(F)cc2)c2nc3c(c(=O)n(C)c(=O)n3C)n2[C@H]1C. The normalized spacial score (nSPS) is 16.1. The van der Waals surface area contributed by atoms with Crippen molar-refractivity contribution >= 4 is 28.6 Å². The van der Waals surface area contributed by atoms with Gasteiger partial charge in [0.05, 0.1) is 11.8 Å². The summed E-state index contributed by atoms with van der Waals surface area (Å²) < 4.78 is 17.2. The number of hydrazone groups is 1. The molecule has 0 bridgehead atoms. The highest BCUT2D eigenvalue weighted by molar-refractivity contribution is 6.00. The molecule has 0 unspecified atom stereocenters. The van der Waals surface area contributed by atoms with Crippen molar-refractivity contribution in [2.24, 2.45) is 19.2 Å². The number of anilines is 1. The van der Waals surface area contributed by atoms with Crippen LogP contribution >= 0.6 is 0 Å². The Morgan fingerprint density at radius 2 is 1.79 bits per heavy atom. The average Bonchev–Trinajstić information content (AvgIpc) is 3.10. The Balaban J connectivity index is 1.87. The van der Waals surface area contributed by atoms with Gasteiger partial charge in [-0.2, -0.15) is 10.1 Å². The first kappa shape index (κ1) is 18.8. The molecular weight excluding hydrogens is 379 g/mol. The summed E-state index contributed by atoms with van der Waals surface area (Å²) in [5.74, 6) is -0.413. The second-order valence-corrected chi connectivity index (χ2v) is 7.06. The minimum atomic E-state index is -0.489. The zero-order chi connectivity index (χ0) is 21.0. The van der Waals surface area contributed by atoms with Gasteiger partial charge in [-0.05, 0) is 38.1 Å². The number of benzene rings is 1. The third kappa shape index (κ3) is 2.79. The zero-order valence-corrected chi connectivity index (χ0v) is 16.4. The summed E-state index contributed by atoms with van der Waals surface area (Å²) in [4.78, 5) is 42.2. The van der Waals surface area contributed by atoms with Gasteiger partial charge in [0.1, 0.15) is 12.4 Å². The number of aryl methyl sites for hydroxylation is 1. The average molecular weight is 398 g/mol. The third-order valence-corrected chi connectivity index (χ3v) is 5.23. The summed E-state index contributed by atoms with van der Waals surface area (Å²) in [6.07, 6.45) is 0. The van der Waals surface area contributed by atoms with E-state index in [2.05, 4.69) is 10.1 Å². The molecule has 1 atom stereocenters. The van der Waals surface area contributed by atoms with E-state index in [9.17, 15) is 18.8 Å². The van der Waals surface area contributed by atoms with Crippen LogP contribution in [0.4, 0.5) is 10.3 Å². The largest absolute Gasteiger partial charge is 0.332 e. The molecule has 0 saturated heterocycles. The van der Waals surface area contributed by atoms with Crippen LogP contribution in [0.25, 0.3) is 11.2 Å². The van der Waals surface area contributed by atoms with Crippen molar-refractivity contribution in [2.75, 3.05) is 11.6 Å². The summed E-state index contributed by atoms with van der Waals surface area (Å²) in [5, 5.41) is 5.87. The molecule has 0 saturated carbocycles. The van der Waals surface area contributed by atoms with Gasteiger partial charge < -0.3 is 0 Å². The van der Waals surface area contributed by atoms with Crippen LogP contribution in [-0.2, 0) is 14.1 Å². The number of halogens is 1. The number of rotatable bonds is 3. The van der Waals surface area contributed by atoms with Crippen LogP contribution in [0.3, 0.4) is 0 Å². The lowest BCUT2D eigenvalue weighted by molar-refractivity contribution is 0.0998. The number of carbonyl (C=O) groups excluding carboxylic acids is 1. The zero-order valence-electron chi connectivity index (χ0n) is 16.4. The topological polar surface area (TPSA) is 94.5 Å². The monoisotopic (exact) mass is 398 g/mol. The molecule has 2 aromatic heterocycles. The second-order valence-electron chi connectivity index (χ2n) is 7.06. The van der Waals surface area contributed by atoms with E-state index >= 15 is 0 Å². The maximum absolute atomic E-state index is 13.1. The first-order valence-electron chi connectivity index (χ1n) is 9.00. The van der Waals surface area contributed by atoms with Crippen LogP contribution in [-0.4, -0.2) is 36.7 Å². The van der Waals surface area contributed by atoms with Crippen molar-refractivity contribution in [1.82, 2.24) is 18.7 Å². The lowest BCUT2D eigenvalue weighted by Crippen LogP contribution is -2.39. The maximum atomic E-state index is 13.1. The van der Waals surface area contributed by atoms with Crippen molar-refractivity contribution in [2.45, 2.75) is 19.9 Å². The first-order valence-corrected chi connectivity index (χ1v) is 9.00. The molecule has 4 rings (SSSR count). The molecule has 10 heteroatoms. The Hall–Kier alpha value is -3.56.